The molecule has 2 aromatic rings. The summed E-state index contributed by atoms with van der Waals surface area (Å²) in [7, 11) is 0. The van der Waals surface area contributed by atoms with E-state index in [9.17, 15) is 0 Å². The number of pyridine rings is 2. The number of rotatable bonds is 3. The van der Waals surface area contributed by atoms with Crippen LogP contribution in [0.15, 0.2) is 41.3 Å². The highest BCUT2D eigenvalue weighted by atomic mass is 79.9. The number of aromatic nitrogens is 2. The Morgan fingerprint density at radius 3 is 2.76 bits per heavy atom. The third kappa shape index (κ3) is 3.03. The van der Waals surface area contributed by atoms with Gasteiger partial charge in [0.1, 0.15) is 4.60 Å². The van der Waals surface area contributed by atoms with Crippen LogP contribution in [-0.2, 0) is 0 Å². The highest BCUT2D eigenvalue weighted by Crippen LogP contribution is 2.20. The van der Waals surface area contributed by atoms with E-state index in [-0.39, 0.29) is 6.04 Å². The van der Waals surface area contributed by atoms with Crippen LogP contribution in [0.1, 0.15) is 24.2 Å². The Hall–Kier alpha value is -1.42. The number of hydrogen-bond acceptors (Lipinski definition) is 3. The third-order valence-electron chi connectivity index (χ3n) is 2.53. The molecule has 88 valence electrons. The molecule has 0 aliphatic heterocycles. The van der Waals surface area contributed by atoms with Crippen LogP contribution >= 0.6 is 15.9 Å². The SMILES string of the molecule is Cc1cc(NC(C)c2ccccn2)cnc1Br. The number of hydrogen-bond donors (Lipinski definition) is 1. The minimum absolute atomic E-state index is 0.165. The van der Waals surface area contributed by atoms with Gasteiger partial charge in [0.05, 0.1) is 23.6 Å². The Bertz CT molecular complexity index is 499. The first-order chi connectivity index (χ1) is 8.16. The summed E-state index contributed by atoms with van der Waals surface area (Å²) in [4.78, 5) is 8.58. The summed E-state index contributed by atoms with van der Waals surface area (Å²) < 4.78 is 0.883. The Labute approximate surface area is 109 Å². The van der Waals surface area contributed by atoms with Crippen LogP contribution in [0.4, 0.5) is 5.69 Å². The lowest BCUT2D eigenvalue weighted by Crippen LogP contribution is -2.08. The number of nitrogens with zero attached hydrogens (tertiary/aromatic N) is 2. The highest BCUT2D eigenvalue weighted by Gasteiger charge is 2.06. The van der Waals surface area contributed by atoms with Gasteiger partial charge in [-0.25, -0.2) is 4.98 Å². The van der Waals surface area contributed by atoms with Crippen LogP contribution in [0.25, 0.3) is 0 Å². The number of anilines is 1. The average Bonchev–Trinajstić information content (AvgIpc) is 2.35. The molecule has 2 aromatic heterocycles. The maximum Gasteiger partial charge on any atom is 0.109 e. The molecule has 0 amide bonds. The predicted molar refractivity (Wildman–Crippen MR) is 72.9 cm³/mol. The molecular formula is C13H14BrN3. The minimum atomic E-state index is 0.165. The van der Waals surface area contributed by atoms with E-state index >= 15 is 0 Å². The molecule has 4 heteroatoms. The number of aryl methyl sites for hydroxylation is 1. The first-order valence-electron chi connectivity index (χ1n) is 5.46. The first-order valence-corrected chi connectivity index (χ1v) is 6.25. The van der Waals surface area contributed by atoms with Gasteiger partial charge >= 0.3 is 0 Å². The van der Waals surface area contributed by atoms with Crippen LogP contribution in [0.2, 0.25) is 0 Å². The lowest BCUT2D eigenvalue weighted by atomic mass is 10.2. The van der Waals surface area contributed by atoms with Crippen molar-refractivity contribution in [2.75, 3.05) is 5.32 Å². The average molecular weight is 292 g/mol. The van der Waals surface area contributed by atoms with Gasteiger partial charge in [-0.3, -0.25) is 4.98 Å². The monoisotopic (exact) mass is 291 g/mol. The molecule has 3 nitrogen and oxygen atoms in total. The number of nitrogens with one attached hydrogen (secondary N) is 1. The molecule has 0 bridgehead atoms. The molecule has 0 fully saturated rings. The van der Waals surface area contributed by atoms with Crippen molar-refractivity contribution in [3.63, 3.8) is 0 Å². The fourth-order valence-electron chi connectivity index (χ4n) is 1.59. The molecule has 1 unspecified atom stereocenters. The Kier molecular flexibility index (Phi) is 3.74. The van der Waals surface area contributed by atoms with Gasteiger partial charge in [0.25, 0.3) is 0 Å². The van der Waals surface area contributed by atoms with Crippen molar-refractivity contribution in [3.05, 3.63) is 52.5 Å². The van der Waals surface area contributed by atoms with Gasteiger partial charge in [0, 0.05) is 6.20 Å². The molecule has 2 heterocycles. The van der Waals surface area contributed by atoms with Crippen LogP contribution in [0.3, 0.4) is 0 Å². The minimum Gasteiger partial charge on any atom is -0.376 e. The molecule has 1 atom stereocenters. The lowest BCUT2D eigenvalue weighted by molar-refractivity contribution is 0.837. The van der Waals surface area contributed by atoms with Gasteiger partial charge < -0.3 is 5.32 Å². The zero-order chi connectivity index (χ0) is 12.3. The van der Waals surface area contributed by atoms with Crippen LogP contribution in [0, 0.1) is 6.92 Å². The lowest BCUT2D eigenvalue weighted by Gasteiger charge is -2.14. The van der Waals surface area contributed by atoms with Crippen molar-refractivity contribution < 1.29 is 0 Å². The molecule has 0 aliphatic carbocycles. The molecule has 1 N–H and O–H groups in total. The van der Waals surface area contributed by atoms with Crippen LogP contribution in [0.5, 0.6) is 0 Å². The van der Waals surface area contributed by atoms with Crippen molar-refractivity contribution in [2.45, 2.75) is 19.9 Å². The summed E-state index contributed by atoms with van der Waals surface area (Å²) in [6.07, 6.45) is 3.62. The van der Waals surface area contributed by atoms with E-state index in [4.69, 9.17) is 0 Å². The van der Waals surface area contributed by atoms with E-state index in [1.807, 2.05) is 31.3 Å². The second kappa shape index (κ2) is 5.27. The summed E-state index contributed by atoms with van der Waals surface area (Å²) in [6, 6.07) is 8.15. The fraction of sp³-hybridized carbons (Fsp3) is 0.231. The second-order valence-electron chi connectivity index (χ2n) is 3.95. The summed E-state index contributed by atoms with van der Waals surface area (Å²) in [5.41, 5.74) is 3.14. The van der Waals surface area contributed by atoms with Gasteiger partial charge in [-0.1, -0.05) is 6.07 Å². The van der Waals surface area contributed by atoms with Crippen LogP contribution < -0.4 is 5.32 Å². The molecule has 0 spiro atoms. The predicted octanol–water partition coefficient (Wildman–Crippen LogP) is 3.72. The highest BCUT2D eigenvalue weighted by molar-refractivity contribution is 9.10. The van der Waals surface area contributed by atoms with E-state index in [0.717, 1.165) is 21.5 Å². The fourth-order valence-corrected chi connectivity index (χ4v) is 1.81. The maximum atomic E-state index is 4.32. The Morgan fingerprint density at radius 1 is 1.29 bits per heavy atom. The summed E-state index contributed by atoms with van der Waals surface area (Å²) >= 11 is 3.39. The Balaban J connectivity index is 2.13. The van der Waals surface area contributed by atoms with E-state index in [1.165, 1.54) is 0 Å². The normalized spacial score (nSPS) is 12.2. The van der Waals surface area contributed by atoms with Gasteiger partial charge in [-0.2, -0.15) is 0 Å². The molecular weight excluding hydrogens is 278 g/mol. The molecule has 0 radical (unpaired) electrons. The van der Waals surface area contributed by atoms with E-state index < -0.39 is 0 Å². The zero-order valence-electron chi connectivity index (χ0n) is 9.81. The van der Waals surface area contributed by atoms with Crippen molar-refractivity contribution >= 4 is 21.6 Å². The van der Waals surface area contributed by atoms with E-state index in [2.05, 4.69) is 44.2 Å². The first kappa shape index (κ1) is 12.0. The summed E-state index contributed by atoms with van der Waals surface area (Å²) in [6.45, 7) is 4.10. The van der Waals surface area contributed by atoms with Crippen LogP contribution in [-0.4, -0.2) is 9.97 Å². The molecule has 2 rings (SSSR count). The third-order valence-corrected chi connectivity index (χ3v) is 3.36. The molecule has 0 aliphatic rings. The quantitative estimate of drug-likeness (QED) is 0.876. The van der Waals surface area contributed by atoms with Crippen molar-refractivity contribution in [2.24, 2.45) is 0 Å². The maximum absolute atomic E-state index is 4.32. The van der Waals surface area contributed by atoms with Gasteiger partial charge in [-0.05, 0) is 53.5 Å². The van der Waals surface area contributed by atoms with Crippen molar-refractivity contribution in [1.29, 1.82) is 0 Å². The smallest absolute Gasteiger partial charge is 0.109 e. The molecule has 0 saturated heterocycles. The van der Waals surface area contributed by atoms with E-state index in [0.29, 0.717) is 0 Å². The number of halogens is 1. The van der Waals surface area contributed by atoms with Crippen molar-refractivity contribution in [1.82, 2.24) is 9.97 Å². The molecule has 0 saturated carbocycles. The Morgan fingerprint density at radius 2 is 2.12 bits per heavy atom. The zero-order valence-corrected chi connectivity index (χ0v) is 11.4. The van der Waals surface area contributed by atoms with E-state index in [1.54, 1.807) is 6.20 Å². The van der Waals surface area contributed by atoms with Gasteiger partial charge in [0.15, 0.2) is 0 Å². The van der Waals surface area contributed by atoms with Crippen molar-refractivity contribution in [3.8, 4) is 0 Å². The van der Waals surface area contributed by atoms with Gasteiger partial charge in [0.2, 0.25) is 0 Å². The van der Waals surface area contributed by atoms with Gasteiger partial charge in [-0.15, -0.1) is 0 Å². The second-order valence-corrected chi connectivity index (χ2v) is 4.70. The topological polar surface area (TPSA) is 37.8 Å². The molecule has 17 heavy (non-hydrogen) atoms. The summed E-state index contributed by atoms with van der Waals surface area (Å²) in [5, 5.41) is 3.38. The summed E-state index contributed by atoms with van der Waals surface area (Å²) in [5.74, 6) is 0. The largest absolute Gasteiger partial charge is 0.376 e. The molecule has 0 aromatic carbocycles. The standard InChI is InChI=1S/C13H14BrN3/c1-9-7-11(8-16-13(9)14)17-10(2)12-5-3-4-6-15-12/h3-8,10,17H,1-2H3.